The number of para-hydroxylation sites is 3. The van der Waals surface area contributed by atoms with Gasteiger partial charge in [-0.1, -0.05) is 42.1 Å². The Morgan fingerprint density at radius 3 is 2.70 bits per heavy atom. The van der Waals surface area contributed by atoms with Crippen molar-refractivity contribution in [3.8, 4) is 5.69 Å². The lowest BCUT2D eigenvalue weighted by molar-refractivity contribution is 0.0946. The Morgan fingerprint density at radius 1 is 1.15 bits per heavy atom. The van der Waals surface area contributed by atoms with Crippen LogP contribution >= 0.6 is 11.8 Å². The van der Waals surface area contributed by atoms with Crippen molar-refractivity contribution in [2.45, 2.75) is 11.6 Å². The molecule has 7 heteroatoms. The summed E-state index contributed by atoms with van der Waals surface area (Å²) in [6, 6.07) is 17.7. The largest absolute Gasteiger partial charge is 0.350 e. The van der Waals surface area contributed by atoms with Gasteiger partial charge in [0, 0.05) is 18.7 Å². The van der Waals surface area contributed by atoms with Crippen molar-refractivity contribution < 1.29 is 4.79 Å². The molecule has 0 radical (unpaired) electrons. The molecule has 0 saturated heterocycles. The number of aromatic amines is 1. The van der Waals surface area contributed by atoms with Gasteiger partial charge >= 0.3 is 0 Å². The highest BCUT2D eigenvalue weighted by atomic mass is 32.2. The number of aromatic nitrogens is 4. The summed E-state index contributed by atoms with van der Waals surface area (Å²) < 4.78 is 1.88. The van der Waals surface area contributed by atoms with E-state index in [0.29, 0.717) is 18.7 Å². The smallest absolute Gasteiger partial charge is 0.269 e. The lowest BCUT2D eigenvalue weighted by atomic mass is 10.3. The van der Waals surface area contributed by atoms with Crippen LogP contribution in [0.5, 0.6) is 0 Å². The molecule has 1 amide bonds. The third-order valence-corrected chi connectivity index (χ3v) is 4.90. The fourth-order valence-electron chi connectivity index (χ4n) is 2.97. The minimum absolute atomic E-state index is 0.150. The quantitative estimate of drug-likeness (QED) is 0.505. The summed E-state index contributed by atoms with van der Waals surface area (Å²) in [5.41, 5.74) is 3.38. The number of carbonyl (C=O) groups is 1. The maximum absolute atomic E-state index is 12.7. The average Bonchev–Trinajstić information content (AvgIpc) is 3.32. The first-order valence-electron chi connectivity index (χ1n) is 8.65. The maximum Gasteiger partial charge on any atom is 0.269 e. The Labute approximate surface area is 161 Å². The van der Waals surface area contributed by atoms with Gasteiger partial charge in [0.1, 0.15) is 11.5 Å². The second-order valence-corrected chi connectivity index (χ2v) is 6.78. The number of nitrogens with one attached hydrogen (secondary N) is 2. The molecule has 4 rings (SSSR count). The number of hydrogen-bond acceptors (Lipinski definition) is 4. The molecule has 4 aromatic rings. The zero-order chi connectivity index (χ0) is 18.6. The van der Waals surface area contributed by atoms with Gasteiger partial charge in [0.15, 0.2) is 5.16 Å². The monoisotopic (exact) mass is 377 g/mol. The summed E-state index contributed by atoms with van der Waals surface area (Å²) in [7, 11) is 0. The Balaban J connectivity index is 1.48. The number of fused-ring (bicyclic) bond motifs is 1. The van der Waals surface area contributed by atoms with Crippen molar-refractivity contribution in [1.29, 1.82) is 0 Å². The van der Waals surface area contributed by atoms with Gasteiger partial charge in [0.25, 0.3) is 5.91 Å². The first kappa shape index (κ1) is 17.4. The second kappa shape index (κ2) is 7.67. The van der Waals surface area contributed by atoms with E-state index in [4.69, 9.17) is 0 Å². The van der Waals surface area contributed by atoms with Crippen LogP contribution in [0, 0.1) is 0 Å². The lowest BCUT2D eigenvalue weighted by Crippen LogP contribution is -2.28. The van der Waals surface area contributed by atoms with Crippen LogP contribution in [0.15, 0.2) is 66.0 Å². The number of hydrogen-bond donors (Lipinski definition) is 2. The highest BCUT2D eigenvalue weighted by molar-refractivity contribution is 7.98. The number of nitrogens with zero attached hydrogens (tertiary/aromatic N) is 3. The van der Waals surface area contributed by atoms with Gasteiger partial charge in [0.2, 0.25) is 0 Å². The van der Waals surface area contributed by atoms with E-state index < -0.39 is 0 Å². The average molecular weight is 377 g/mol. The van der Waals surface area contributed by atoms with Gasteiger partial charge in [-0.25, -0.2) is 9.97 Å². The zero-order valence-electron chi connectivity index (χ0n) is 14.8. The minimum Gasteiger partial charge on any atom is -0.350 e. The summed E-state index contributed by atoms with van der Waals surface area (Å²) in [5.74, 6) is 0.709. The van der Waals surface area contributed by atoms with Gasteiger partial charge in [-0.2, -0.15) is 0 Å². The van der Waals surface area contributed by atoms with Crippen LogP contribution in [0.1, 0.15) is 16.3 Å². The summed E-state index contributed by atoms with van der Waals surface area (Å²) in [5, 5.41) is 3.75. The van der Waals surface area contributed by atoms with Gasteiger partial charge in [-0.3, -0.25) is 9.36 Å². The molecule has 136 valence electrons. The van der Waals surface area contributed by atoms with Crippen LogP contribution in [0.2, 0.25) is 0 Å². The van der Waals surface area contributed by atoms with Gasteiger partial charge < -0.3 is 10.3 Å². The summed E-state index contributed by atoms with van der Waals surface area (Å²) in [4.78, 5) is 24.9. The van der Waals surface area contributed by atoms with Crippen molar-refractivity contribution in [1.82, 2.24) is 24.8 Å². The van der Waals surface area contributed by atoms with Crippen LogP contribution in [0.4, 0.5) is 0 Å². The van der Waals surface area contributed by atoms with E-state index in [1.165, 1.54) is 11.8 Å². The van der Waals surface area contributed by atoms with Crippen LogP contribution in [-0.2, 0) is 6.42 Å². The Morgan fingerprint density at radius 2 is 1.93 bits per heavy atom. The van der Waals surface area contributed by atoms with E-state index in [-0.39, 0.29) is 5.91 Å². The van der Waals surface area contributed by atoms with Crippen LogP contribution < -0.4 is 5.32 Å². The fraction of sp³-hybridized carbons (Fsp3) is 0.150. The summed E-state index contributed by atoms with van der Waals surface area (Å²) >= 11 is 1.51. The van der Waals surface area contributed by atoms with E-state index in [1.54, 1.807) is 6.20 Å². The molecule has 2 N–H and O–H groups in total. The van der Waals surface area contributed by atoms with E-state index >= 15 is 0 Å². The number of thioether (sulfide) groups is 1. The third kappa shape index (κ3) is 3.59. The Kier molecular flexibility index (Phi) is 4.93. The van der Waals surface area contributed by atoms with E-state index in [1.807, 2.05) is 65.4 Å². The maximum atomic E-state index is 12.7. The molecule has 6 nitrogen and oxygen atoms in total. The molecular formula is C20H19N5OS. The molecule has 0 saturated carbocycles. The molecule has 0 spiro atoms. The molecular weight excluding hydrogens is 358 g/mol. The van der Waals surface area contributed by atoms with Crippen LogP contribution in [-0.4, -0.2) is 38.2 Å². The van der Waals surface area contributed by atoms with E-state index in [2.05, 4.69) is 20.3 Å². The van der Waals surface area contributed by atoms with Crippen molar-refractivity contribution in [3.05, 3.63) is 72.3 Å². The first-order valence-corrected chi connectivity index (χ1v) is 9.87. The molecule has 0 aliphatic heterocycles. The molecule has 0 bridgehead atoms. The summed E-state index contributed by atoms with van der Waals surface area (Å²) in [6.45, 7) is 0.493. The standard InChI is InChI=1S/C20H19N5OS/c1-27-20-22-13-17(25(20)14-7-3-2-4-8-14)19(26)21-12-11-18-23-15-9-5-6-10-16(15)24-18/h2-10,13H,11-12H2,1H3,(H,21,26)(H,23,24). The molecule has 2 aromatic heterocycles. The number of carbonyl (C=O) groups excluding carboxylic acids is 1. The number of amides is 1. The third-order valence-electron chi connectivity index (χ3n) is 4.24. The molecule has 0 atom stereocenters. The van der Waals surface area contributed by atoms with E-state index in [0.717, 1.165) is 27.7 Å². The highest BCUT2D eigenvalue weighted by Crippen LogP contribution is 2.21. The fourth-order valence-corrected chi connectivity index (χ4v) is 3.52. The van der Waals surface area contributed by atoms with Crippen molar-refractivity contribution >= 4 is 28.7 Å². The second-order valence-electron chi connectivity index (χ2n) is 6.01. The SMILES string of the molecule is CSc1ncc(C(=O)NCCc2nc3ccccc3[nH]2)n1-c1ccccc1. The number of rotatable bonds is 6. The predicted molar refractivity (Wildman–Crippen MR) is 107 cm³/mol. The normalized spacial score (nSPS) is 11.0. The molecule has 0 unspecified atom stereocenters. The van der Waals surface area contributed by atoms with Crippen LogP contribution in [0.3, 0.4) is 0 Å². The topological polar surface area (TPSA) is 75.6 Å². The summed E-state index contributed by atoms with van der Waals surface area (Å²) in [6.07, 6.45) is 4.20. The Bertz CT molecular complexity index is 1040. The predicted octanol–water partition coefficient (Wildman–Crippen LogP) is 3.44. The van der Waals surface area contributed by atoms with Gasteiger partial charge in [-0.15, -0.1) is 0 Å². The van der Waals surface area contributed by atoms with Gasteiger partial charge in [0.05, 0.1) is 17.2 Å². The molecule has 0 aliphatic rings. The minimum atomic E-state index is -0.150. The lowest BCUT2D eigenvalue weighted by Gasteiger charge is -2.11. The molecule has 2 heterocycles. The molecule has 0 fully saturated rings. The van der Waals surface area contributed by atoms with Crippen molar-refractivity contribution in [2.24, 2.45) is 0 Å². The number of H-pyrrole nitrogens is 1. The molecule has 27 heavy (non-hydrogen) atoms. The highest BCUT2D eigenvalue weighted by Gasteiger charge is 2.17. The zero-order valence-corrected chi connectivity index (χ0v) is 15.7. The van der Waals surface area contributed by atoms with Gasteiger partial charge in [-0.05, 0) is 30.5 Å². The number of imidazole rings is 2. The molecule has 2 aromatic carbocycles. The van der Waals surface area contributed by atoms with Crippen molar-refractivity contribution in [2.75, 3.05) is 12.8 Å². The van der Waals surface area contributed by atoms with Crippen LogP contribution in [0.25, 0.3) is 16.7 Å². The number of benzene rings is 2. The Hall–Kier alpha value is -3.06. The molecule has 0 aliphatic carbocycles. The first-order chi connectivity index (χ1) is 13.3. The van der Waals surface area contributed by atoms with E-state index in [9.17, 15) is 4.79 Å². The van der Waals surface area contributed by atoms with Crippen molar-refractivity contribution in [3.63, 3.8) is 0 Å².